The Morgan fingerprint density at radius 2 is 1.90 bits per heavy atom. The summed E-state index contributed by atoms with van der Waals surface area (Å²) >= 11 is 5.96. The van der Waals surface area contributed by atoms with E-state index in [1.54, 1.807) is 12.5 Å². The van der Waals surface area contributed by atoms with Gasteiger partial charge in [-0.25, -0.2) is 4.98 Å². The number of hydrogen-bond donors (Lipinski definition) is 0. The van der Waals surface area contributed by atoms with Crippen molar-refractivity contribution in [3.63, 3.8) is 0 Å². The summed E-state index contributed by atoms with van der Waals surface area (Å²) in [6, 6.07) is 7.80. The highest BCUT2D eigenvalue weighted by Gasteiger charge is 2.46. The monoisotopic (exact) mass is 292 g/mol. The number of hydrogen-bond acceptors (Lipinski definition) is 3. The summed E-state index contributed by atoms with van der Waals surface area (Å²) in [4.78, 5) is 4.18. The molecular weight excluding hydrogens is 276 g/mol. The molecule has 2 heterocycles. The number of ether oxygens (including phenoxy) is 2. The van der Waals surface area contributed by atoms with E-state index in [2.05, 4.69) is 11.9 Å². The Labute approximate surface area is 123 Å². The van der Waals surface area contributed by atoms with Crippen molar-refractivity contribution in [3.05, 3.63) is 53.1 Å². The molecule has 106 valence electrons. The van der Waals surface area contributed by atoms with E-state index < -0.39 is 5.79 Å². The Balaban J connectivity index is 2.03. The fraction of sp³-hybridized carbons (Fsp3) is 0.400. The largest absolute Gasteiger partial charge is 0.342 e. The highest BCUT2D eigenvalue weighted by Crippen LogP contribution is 2.43. The molecule has 4 nitrogen and oxygen atoms in total. The summed E-state index contributed by atoms with van der Waals surface area (Å²) in [5.41, 5.74) is 2.05. The van der Waals surface area contributed by atoms with Crippen LogP contribution in [-0.2, 0) is 22.3 Å². The normalized spacial score (nSPS) is 19.1. The maximum atomic E-state index is 6.00. The van der Waals surface area contributed by atoms with E-state index in [9.17, 15) is 0 Å². The third-order valence-corrected chi connectivity index (χ3v) is 4.08. The van der Waals surface area contributed by atoms with Crippen LogP contribution in [0.3, 0.4) is 0 Å². The molecule has 0 bridgehead atoms. The van der Waals surface area contributed by atoms with Crippen LogP contribution in [0.4, 0.5) is 0 Å². The van der Waals surface area contributed by atoms with Crippen LogP contribution in [0.2, 0.25) is 5.02 Å². The first-order valence-electron chi connectivity index (χ1n) is 6.63. The summed E-state index contributed by atoms with van der Waals surface area (Å²) in [5.74, 6) is -0.739. The summed E-state index contributed by atoms with van der Waals surface area (Å²) in [6.07, 6.45) is 3.56. The van der Waals surface area contributed by atoms with Crippen molar-refractivity contribution in [2.75, 3.05) is 13.2 Å². The third-order valence-electron chi connectivity index (χ3n) is 3.83. The number of rotatable bonds is 3. The minimum absolute atomic E-state index is 0.0395. The van der Waals surface area contributed by atoms with Gasteiger partial charge in [0.15, 0.2) is 0 Å². The van der Waals surface area contributed by atoms with Gasteiger partial charge in [0.05, 0.1) is 31.4 Å². The van der Waals surface area contributed by atoms with Crippen LogP contribution in [0.15, 0.2) is 36.8 Å². The quantitative estimate of drug-likeness (QED) is 0.872. The minimum atomic E-state index is -0.779. The molecule has 3 rings (SSSR count). The van der Waals surface area contributed by atoms with E-state index in [-0.39, 0.29) is 5.92 Å². The number of nitrogens with zero attached hydrogens (tertiary/aromatic N) is 2. The lowest BCUT2D eigenvalue weighted by atomic mass is 9.90. The molecule has 1 saturated heterocycles. The van der Waals surface area contributed by atoms with Crippen molar-refractivity contribution in [1.82, 2.24) is 9.55 Å². The molecule has 5 heteroatoms. The molecule has 1 atom stereocenters. The first-order chi connectivity index (χ1) is 9.63. The van der Waals surface area contributed by atoms with Gasteiger partial charge in [-0.1, -0.05) is 30.7 Å². The number of aromatic nitrogens is 2. The smallest absolute Gasteiger partial charge is 0.218 e. The topological polar surface area (TPSA) is 36.3 Å². The van der Waals surface area contributed by atoms with Crippen LogP contribution in [0.1, 0.15) is 24.1 Å². The maximum absolute atomic E-state index is 6.00. The average molecular weight is 293 g/mol. The van der Waals surface area contributed by atoms with E-state index in [0.717, 1.165) is 16.3 Å². The highest BCUT2D eigenvalue weighted by atomic mass is 35.5. The molecule has 1 aliphatic rings. The van der Waals surface area contributed by atoms with Crippen molar-refractivity contribution >= 4 is 11.6 Å². The lowest BCUT2D eigenvalue weighted by molar-refractivity contribution is -0.185. The summed E-state index contributed by atoms with van der Waals surface area (Å²) in [5, 5.41) is 0.726. The van der Waals surface area contributed by atoms with Gasteiger partial charge in [-0.05, 0) is 17.7 Å². The van der Waals surface area contributed by atoms with Gasteiger partial charge in [0.1, 0.15) is 0 Å². The van der Waals surface area contributed by atoms with E-state index in [1.165, 1.54) is 0 Å². The molecular formula is C15H17ClN2O2. The second kappa shape index (κ2) is 5.20. The SMILES string of the molecule is CC(c1ccc(Cl)cc1)C1(c2cncn2C)OCCO1. The van der Waals surface area contributed by atoms with Crippen molar-refractivity contribution < 1.29 is 9.47 Å². The van der Waals surface area contributed by atoms with Crippen LogP contribution in [0, 0.1) is 0 Å². The molecule has 1 aliphatic heterocycles. The van der Waals surface area contributed by atoms with Crippen molar-refractivity contribution in [1.29, 1.82) is 0 Å². The molecule has 0 amide bonds. The molecule has 1 aromatic carbocycles. The van der Waals surface area contributed by atoms with E-state index in [4.69, 9.17) is 21.1 Å². The zero-order chi connectivity index (χ0) is 14.2. The number of benzene rings is 1. The Morgan fingerprint density at radius 1 is 1.25 bits per heavy atom. The molecule has 0 saturated carbocycles. The van der Waals surface area contributed by atoms with Crippen LogP contribution in [-0.4, -0.2) is 22.8 Å². The van der Waals surface area contributed by atoms with E-state index in [1.807, 2.05) is 35.9 Å². The zero-order valence-corrected chi connectivity index (χ0v) is 12.3. The zero-order valence-electron chi connectivity index (χ0n) is 11.5. The third kappa shape index (κ3) is 2.14. The van der Waals surface area contributed by atoms with E-state index in [0.29, 0.717) is 13.2 Å². The average Bonchev–Trinajstić information content (AvgIpc) is 3.08. The summed E-state index contributed by atoms with van der Waals surface area (Å²) in [6.45, 7) is 3.27. The first-order valence-corrected chi connectivity index (χ1v) is 7.01. The molecule has 2 aromatic rings. The van der Waals surface area contributed by atoms with Crippen LogP contribution in [0.25, 0.3) is 0 Å². The van der Waals surface area contributed by atoms with Crippen LogP contribution in [0.5, 0.6) is 0 Å². The van der Waals surface area contributed by atoms with Gasteiger partial charge >= 0.3 is 0 Å². The second-order valence-electron chi connectivity index (χ2n) is 5.03. The van der Waals surface area contributed by atoms with Gasteiger partial charge < -0.3 is 14.0 Å². The lowest BCUT2D eigenvalue weighted by Crippen LogP contribution is -2.35. The van der Waals surface area contributed by atoms with Gasteiger partial charge in [-0.2, -0.15) is 0 Å². The number of aryl methyl sites for hydroxylation is 1. The Bertz CT molecular complexity index is 588. The van der Waals surface area contributed by atoms with Gasteiger partial charge in [0, 0.05) is 18.0 Å². The Kier molecular flexibility index (Phi) is 3.54. The molecule has 20 heavy (non-hydrogen) atoms. The van der Waals surface area contributed by atoms with Crippen LogP contribution >= 0.6 is 11.6 Å². The van der Waals surface area contributed by atoms with Crippen molar-refractivity contribution in [2.45, 2.75) is 18.6 Å². The molecule has 1 fully saturated rings. The predicted octanol–water partition coefficient (Wildman–Crippen LogP) is 3.08. The van der Waals surface area contributed by atoms with Gasteiger partial charge in [-0.3, -0.25) is 0 Å². The fourth-order valence-electron chi connectivity index (χ4n) is 2.71. The molecule has 0 aliphatic carbocycles. The standard InChI is InChI=1S/C15H17ClN2O2/c1-11(12-3-5-13(16)6-4-12)15(19-7-8-20-15)14-9-17-10-18(14)2/h3-6,9-11H,7-8H2,1-2H3. The predicted molar refractivity (Wildman–Crippen MR) is 76.7 cm³/mol. The highest BCUT2D eigenvalue weighted by molar-refractivity contribution is 6.30. The molecule has 0 spiro atoms. The van der Waals surface area contributed by atoms with E-state index >= 15 is 0 Å². The summed E-state index contributed by atoms with van der Waals surface area (Å²) < 4.78 is 13.9. The van der Waals surface area contributed by atoms with Crippen molar-refractivity contribution in [2.24, 2.45) is 7.05 Å². The molecule has 1 aromatic heterocycles. The number of imidazole rings is 1. The molecule has 0 N–H and O–H groups in total. The fourth-order valence-corrected chi connectivity index (χ4v) is 2.84. The first kappa shape index (κ1) is 13.6. The summed E-state index contributed by atoms with van der Waals surface area (Å²) in [7, 11) is 1.95. The Morgan fingerprint density at radius 3 is 2.45 bits per heavy atom. The van der Waals surface area contributed by atoms with Gasteiger partial charge in [-0.15, -0.1) is 0 Å². The maximum Gasteiger partial charge on any atom is 0.218 e. The van der Waals surface area contributed by atoms with Crippen LogP contribution < -0.4 is 0 Å². The van der Waals surface area contributed by atoms with Gasteiger partial charge in [0.25, 0.3) is 0 Å². The van der Waals surface area contributed by atoms with Gasteiger partial charge in [0.2, 0.25) is 5.79 Å². The Hall–Kier alpha value is -1.36. The van der Waals surface area contributed by atoms with Crippen molar-refractivity contribution in [3.8, 4) is 0 Å². The molecule has 1 unspecified atom stereocenters. The minimum Gasteiger partial charge on any atom is -0.342 e. The second-order valence-corrected chi connectivity index (χ2v) is 5.46. The molecule has 0 radical (unpaired) electrons. The number of halogens is 1. The lowest BCUT2D eigenvalue weighted by Gasteiger charge is -2.33.